The van der Waals surface area contributed by atoms with Crippen molar-refractivity contribution in [3.05, 3.63) is 36.2 Å². The molecule has 0 aliphatic rings. The molecule has 0 saturated heterocycles. The first-order valence-corrected chi connectivity index (χ1v) is 5.63. The number of para-hydroxylation sites is 1. The van der Waals surface area contributed by atoms with Crippen molar-refractivity contribution in [1.29, 1.82) is 0 Å². The monoisotopic (exact) mass is 242 g/mol. The molecule has 0 fully saturated rings. The highest BCUT2D eigenvalue weighted by Crippen LogP contribution is 2.23. The number of isocyanates is 1. The topological polar surface area (TPSA) is 60.1 Å². The molecule has 0 amide bonds. The highest BCUT2D eigenvalue weighted by molar-refractivity contribution is 5.45. The maximum absolute atomic E-state index is 10.4. The summed E-state index contributed by atoms with van der Waals surface area (Å²) in [5.41, 5.74) is 0.613. The molecule has 2 aromatic rings. The summed E-state index contributed by atoms with van der Waals surface area (Å²) in [6.07, 6.45) is 1.51. The smallest absolute Gasteiger partial charge is 0.211 e. The highest BCUT2D eigenvalue weighted by Gasteiger charge is 2.22. The zero-order chi connectivity index (χ0) is 13.2. The Bertz CT molecular complexity index is 589. The predicted octanol–water partition coefficient (Wildman–Crippen LogP) is 2.53. The minimum Gasteiger partial charge on any atom is -0.211 e. The lowest BCUT2D eigenvalue weighted by atomic mass is 9.96. The van der Waals surface area contributed by atoms with Crippen LogP contribution in [-0.4, -0.2) is 20.8 Å². The Labute approximate surface area is 105 Å². The van der Waals surface area contributed by atoms with Gasteiger partial charge in [0.05, 0.1) is 5.69 Å². The van der Waals surface area contributed by atoms with Crippen molar-refractivity contribution in [3.63, 3.8) is 0 Å². The average molecular weight is 242 g/mol. The lowest BCUT2D eigenvalue weighted by molar-refractivity contribution is 0.543. The Morgan fingerprint density at radius 1 is 1.22 bits per heavy atom. The largest absolute Gasteiger partial charge is 0.264 e. The minimum absolute atomic E-state index is 0.201. The lowest BCUT2D eigenvalue weighted by Gasteiger charge is -2.12. The van der Waals surface area contributed by atoms with Gasteiger partial charge < -0.3 is 0 Å². The van der Waals surface area contributed by atoms with E-state index in [1.165, 1.54) is 6.08 Å². The van der Waals surface area contributed by atoms with Crippen molar-refractivity contribution in [2.45, 2.75) is 26.2 Å². The van der Waals surface area contributed by atoms with Gasteiger partial charge in [0.1, 0.15) is 0 Å². The van der Waals surface area contributed by atoms with E-state index in [4.69, 9.17) is 0 Å². The molecule has 0 atom stereocenters. The number of rotatable bonds is 2. The second-order valence-electron chi connectivity index (χ2n) is 4.94. The zero-order valence-corrected chi connectivity index (χ0v) is 10.6. The van der Waals surface area contributed by atoms with E-state index in [0.29, 0.717) is 5.82 Å². The maximum atomic E-state index is 10.4. The molecule has 5 heteroatoms. The highest BCUT2D eigenvalue weighted by atomic mass is 16.1. The fourth-order valence-electron chi connectivity index (χ4n) is 1.48. The van der Waals surface area contributed by atoms with E-state index in [9.17, 15) is 4.79 Å². The maximum Gasteiger partial charge on any atom is 0.264 e. The van der Waals surface area contributed by atoms with E-state index >= 15 is 0 Å². The number of carbonyl (C=O) groups excluding carboxylic acids is 1. The quantitative estimate of drug-likeness (QED) is 0.600. The van der Waals surface area contributed by atoms with Crippen LogP contribution in [0.4, 0.5) is 5.95 Å². The van der Waals surface area contributed by atoms with Gasteiger partial charge in [0.15, 0.2) is 5.82 Å². The van der Waals surface area contributed by atoms with E-state index in [2.05, 4.69) is 15.1 Å². The van der Waals surface area contributed by atoms with Crippen molar-refractivity contribution in [1.82, 2.24) is 14.8 Å². The predicted molar refractivity (Wildman–Crippen MR) is 67.8 cm³/mol. The molecular weight excluding hydrogens is 228 g/mol. The van der Waals surface area contributed by atoms with Gasteiger partial charge in [-0.15, -0.1) is 10.1 Å². The Hall–Kier alpha value is -2.26. The van der Waals surface area contributed by atoms with Crippen LogP contribution in [0.3, 0.4) is 0 Å². The summed E-state index contributed by atoms with van der Waals surface area (Å²) >= 11 is 0. The Kier molecular flexibility index (Phi) is 3.08. The third kappa shape index (κ3) is 2.36. The number of benzene rings is 1. The zero-order valence-electron chi connectivity index (χ0n) is 10.6. The molecule has 92 valence electrons. The van der Waals surface area contributed by atoms with Gasteiger partial charge in [0.25, 0.3) is 5.95 Å². The molecule has 0 aliphatic carbocycles. The first-order valence-electron chi connectivity index (χ1n) is 5.63. The molecule has 5 nitrogen and oxygen atoms in total. The molecule has 1 aromatic heterocycles. The molecule has 18 heavy (non-hydrogen) atoms. The van der Waals surface area contributed by atoms with Crippen LogP contribution in [0.2, 0.25) is 0 Å². The number of hydrogen-bond donors (Lipinski definition) is 0. The fraction of sp³-hybridized carbons (Fsp3) is 0.308. The van der Waals surface area contributed by atoms with E-state index in [0.717, 1.165) is 5.69 Å². The summed E-state index contributed by atoms with van der Waals surface area (Å²) in [5.74, 6) is 0.890. The molecule has 0 saturated carbocycles. The van der Waals surface area contributed by atoms with Crippen LogP contribution >= 0.6 is 0 Å². The van der Waals surface area contributed by atoms with Crippen molar-refractivity contribution in [2.75, 3.05) is 0 Å². The van der Waals surface area contributed by atoms with Gasteiger partial charge in [-0.25, -0.2) is 4.79 Å². The van der Waals surface area contributed by atoms with Gasteiger partial charge >= 0.3 is 0 Å². The molecule has 2 rings (SSSR count). The van der Waals surface area contributed by atoms with Crippen LogP contribution in [-0.2, 0) is 10.2 Å². The van der Waals surface area contributed by atoms with Gasteiger partial charge in [-0.2, -0.15) is 9.67 Å². The van der Waals surface area contributed by atoms with Crippen molar-refractivity contribution >= 4 is 12.0 Å². The van der Waals surface area contributed by atoms with Crippen molar-refractivity contribution < 1.29 is 4.79 Å². The number of aliphatic imine (C=N–C) groups is 1. The van der Waals surface area contributed by atoms with E-state index in [-0.39, 0.29) is 11.4 Å². The normalized spacial score (nSPS) is 11.1. The van der Waals surface area contributed by atoms with E-state index in [1.807, 2.05) is 51.1 Å². The van der Waals surface area contributed by atoms with Crippen LogP contribution < -0.4 is 0 Å². The SMILES string of the molecule is CC(C)(C)c1nc(N=C=O)n(-c2ccccc2)n1. The second kappa shape index (κ2) is 4.55. The summed E-state index contributed by atoms with van der Waals surface area (Å²) in [5, 5.41) is 4.40. The third-order valence-electron chi connectivity index (χ3n) is 2.41. The first-order chi connectivity index (χ1) is 8.52. The molecule has 0 spiro atoms. The van der Waals surface area contributed by atoms with E-state index < -0.39 is 0 Å². The standard InChI is InChI=1S/C13H14N4O/c1-13(2,3)11-15-12(14-9-18)17(16-11)10-7-5-4-6-8-10/h4-8H,1-3H3. The van der Waals surface area contributed by atoms with Crippen LogP contribution in [0, 0.1) is 0 Å². The molecule has 0 bridgehead atoms. The fourth-order valence-corrected chi connectivity index (χ4v) is 1.48. The summed E-state index contributed by atoms with van der Waals surface area (Å²) in [4.78, 5) is 18.3. The Balaban J connectivity index is 2.59. The number of nitrogens with zero attached hydrogens (tertiary/aromatic N) is 4. The molecular formula is C13H14N4O. The Morgan fingerprint density at radius 3 is 2.44 bits per heavy atom. The third-order valence-corrected chi connectivity index (χ3v) is 2.41. The van der Waals surface area contributed by atoms with Crippen LogP contribution in [0.25, 0.3) is 5.69 Å². The van der Waals surface area contributed by atoms with Gasteiger partial charge in [0, 0.05) is 5.41 Å². The van der Waals surface area contributed by atoms with Crippen LogP contribution in [0.15, 0.2) is 35.3 Å². The number of aromatic nitrogens is 3. The Morgan fingerprint density at radius 2 is 1.89 bits per heavy atom. The summed E-state index contributed by atoms with van der Waals surface area (Å²) < 4.78 is 1.55. The minimum atomic E-state index is -0.201. The van der Waals surface area contributed by atoms with Crippen LogP contribution in [0.5, 0.6) is 0 Å². The average Bonchev–Trinajstić information content (AvgIpc) is 2.75. The second-order valence-corrected chi connectivity index (χ2v) is 4.94. The van der Waals surface area contributed by atoms with Crippen molar-refractivity contribution in [3.8, 4) is 5.69 Å². The van der Waals surface area contributed by atoms with E-state index in [1.54, 1.807) is 4.68 Å². The molecule has 1 heterocycles. The van der Waals surface area contributed by atoms with Gasteiger partial charge in [-0.1, -0.05) is 39.0 Å². The van der Waals surface area contributed by atoms with Crippen LogP contribution in [0.1, 0.15) is 26.6 Å². The molecule has 0 radical (unpaired) electrons. The molecule has 0 aliphatic heterocycles. The lowest BCUT2D eigenvalue weighted by Crippen LogP contribution is -2.14. The van der Waals surface area contributed by atoms with Gasteiger partial charge in [0.2, 0.25) is 6.08 Å². The van der Waals surface area contributed by atoms with Crippen molar-refractivity contribution in [2.24, 2.45) is 4.99 Å². The molecule has 0 unspecified atom stereocenters. The van der Waals surface area contributed by atoms with Gasteiger partial charge in [-0.05, 0) is 12.1 Å². The molecule has 1 aromatic carbocycles. The summed E-state index contributed by atoms with van der Waals surface area (Å²) in [7, 11) is 0. The first kappa shape index (κ1) is 12.2. The summed E-state index contributed by atoms with van der Waals surface area (Å²) in [6, 6.07) is 9.45. The number of hydrogen-bond acceptors (Lipinski definition) is 4. The van der Waals surface area contributed by atoms with Gasteiger partial charge in [-0.3, -0.25) is 0 Å². The summed E-state index contributed by atoms with van der Waals surface area (Å²) in [6.45, 7) is 6.02. The molecule has 0 N–H and O–H groups in total.